The van der Waals surface area contributed by atoms with Crippen LogP contribution in [0.3, 0.4) is 0 Å². The summed E-state index contributed by atoms with van der Waals surface area (Å²) in [5, 5.41) is 9.78. The molecule has 0 aliphatic carbocycles. The highest BCUT2D eigenvalue weighted by molar-refractivity contribution is 5.70. The van der Waals surface area contributed by atoms with Crippen LogP contribution >= 0.6 is 0 Å². The number of unbranched alkanes of at least 4 members (excludes halogenated alkanes) is 28. The van der Waals surface area contributed by atoms with Crippen LogP contribution in [-0.4, -0.2) is 11.1 Å². The molecule has 0 spiro atoms. The summed E-state index contributed by atoms with van der Waals surface area (Å²) in [7, 11) is 0. The molecule has 240 valence electrons. The van der Waals surface area contributed by atoms with Gasteiger partial charge in [-0.1, -0.05) is 213 Å². The van der Waals surface area contributed by atoms with Crippen molar-refractivity contribution in [1.29, 1.82) is 0 Å². The molecule has 2 atom stereocenters. The zero-order valence-corrected chi connectivity index (χ0v) is 28.1. The molecule has 0 heterocycles. The van der Waals surface area contributed by atoms with Crippen molar-refractivity contribution in [3.05, 3.63) is 0 Å². The van der Waals surface area contributed by atoms with Gasteiger partial charge in [-0.2, -0.15) is 0 Å². The standard InChI is InChI=1S/C38H76O2/c1-4-6-8-10-12-14-16-18-20-21-23-25-27-29-31-33-35-37(38(39)40)36(3)34-32-30-28-26-24-22-19-17-15-13-11-9-7-5-2/h36-37H,4-35H2,1-3H3,(H,39,40). The largest absolute Gasteiger partial charge is 0.481 e. The molecule has 0 saturated carbocycles. The van der Waals surface area contributed by atoms with E-state index in [0.29, 0.717) is 5.92 Å². The molecule has 1 N–H and O–H groups in total. The van der Waals surface area contributed by atoms with E-state index in [0.717, 1.165) is 19.3 Å². The van der Waals surface area contributed by atoms with Crippen molar-refractivity contribution in [2.75, 3.05) is 0 Å². The average Bonchev–Trinajstić information content (AvgIpc) is 2.94. The molecule has 0 radical (unpaired) electrons. The molecule has 0 aliphatic rings. The lowest BCUT2D eigenvalue weighted by Gasteiger charge is -2.20. The molecule has 2 unspecified atom stereocenters. The van der Waals surface area contributed by atoms with Crippen LogP contribution in [0.2, 0.25) is 0 Å². The van der Waals surface area contributed by atoms with Crippen molar-refractivity contribution < 1.29 is 9.90 Å². The van der Waals surface area contributed by atoms with Crippen LogP contribution in [0.4, 0.5) is 0 Å². The Hall–Kier alpha value is -0.530. The summed E-state index contributed by atoms with van der Waals surface area (Å²) in [6.07, 6.45) is 43.3. The number of carboxylic acid groups (broad SMARTS) is 1. The lowest BCUT2D eigenvalue weighted by molar-refractivity contribution is -0.143. The Morgan fingerprint density at radius 2 is 0.625 bits per heavy atom. The Balaban J connectivity index is 3.52. The van der Waals surface area contributed by atoms with Crippen molar-refractivity contribution in [3.63, 3.8) is 0 Å². The van der Waals surface area contributed by atoms with Gasteiger partial charge in [0.25, 0.3) is 0 Å². The van der Waals surface area contributed by atoms with Crippen molar-refractivity contribution in [2.45, 2.75) is 226 Å². The molecule has 0 aromatic carbocycles. The molecule has 0 saturated heterocycles. The number of aliphatic carboxylic acids is 1. The monoisotopic (exact) mass is 565 g/mol. The van der Waals surface area contributed by atoms with Crippen LogP contribution in [0.15, 0.2) is 0 Å². The third-order valence-corrected chi connectivity index (χ3v) is 9.39. The first kappa shape index (κ1) is 39.5. The topological polar surface area (TPSA) is 37.3 Å². The van der Waals surface area contributed by atoms with Crippen LogP contribution < -0.4 is 0 Å². The number of hydrogen-bond donors (Lipinski definition) is 1. The molecule has 0 rings (SSSR count). The van der Waals surface area contributed by atoms with Gasteiger partial charge in [0.15, 0.2) is 0 Å². The van der Waals surface area contributed by atoms with E-state index in [1.165, 1.54) is 186 Å². The minimum atomic E-state index is -0.557. The van der Waals surface area contributed by atoms with E-state index in [-0.39, 0.29) is 5.92 Å². The van der Waals surface area contributed by atoms with Gasteiger partial charge < -0.3 is 5.11 Å². The first-order valence-corrected chi connectivity index (χ1v) is 18.9. The maximum absolute atomic E-state index is 11.9. The second-order valence-corrected chi connectivity index (χ2v) is 13.4. The van der Waals surface area contributed by atoms with Gasteiger partial charge in [0.1, 0.15) is 0 Å². The summed E-state index contributed by atoms with van der Waals surface area (Å²) in [4.78, 5) is 11.9. The highest BCUT2D eigenvalue weighted by Crippen LogP contribution is 2.25. The second-order valence-electron chi connectivity index (χ2n) is 13.4. The summed E-state index contributed by atoms with van der Waals surface area (Å²) < 4.78 is 0. The minimum absolute atomic E-state index is 0.131. The maximum atomic E-state index is 11.9. The number of hydrogen-bond acceptors (Lipinski definition) is 1. The van der Waals surface area contributed by atoms with Gasteiger partial charge in [0.05, 0.1) is 5.92 Å². The van der Waals surface area contributed by atoms with Crippen LogP contribution in [0.5, 0.6) is 0 Å². The van der Waals surface area contributed by atoms with Gasteiger partial charge in [-0.05, 0) is 18.8 Å². The summed E-state index contributed by atoms with van der Waals surface area (Å²) in [5.41, 5.74) is 0. The van der Waals surface area contributed by atoms with Gasteiger partial charge in [0.2, 0.25) is 0 Å². The highest BCUT2D eigenvalue weighted by atomic mass is 16.4. The first-order chi connectivity index (χ1) is 19.6. The van der Waals surface area contributed by atoms with E-state index in [1.807, 2.05) is 0 Å². The molecule has 0 amide bonds. The lowest BCUT2D eigenvalue weighted by Crippen LogP contribution is -2.21. The second kappa shape index (κ2) is 33.0. The number of rotatable bonds is 34. The van der Waals surface area contributed by atoms with E-state index in [2.05, 4.69) is 20.8 Å². The Morgan fingerprint density at radius 3 is 0.875 bits per heavy atom. The normalized spacial score (nSPS) is 13.1. The van der Waals surface area contributed by atoms with E-state index < -0.39 is 5.97 Å². The Labute approximate surface area is 253 Å². The summed E-state index contributed by atoms with van der Waals surface area (Å²) in [6, 6.07) is 0. The molecule has 2 heteroatoms. The Bertz CT molecular complexity index is 488. The molecule has 0 aromatic heterocycles. The molecular formula is C38H76O2. The van der Waals surface area contributed by atoms with Gasteiger partial charge in [-0.3, -0.25) is 4.79 Å². The Morgan fingerprint density at radius 1 is 0.400 bits per heavy atom. The van der Waals surface area contributed by atoms with Gasteiger partial charge in [0, 0.05) is 0 Å². The fourth-order valence-corrected chi connectivity index (χ4v) is 6.43. The molecule has 40 heavy (non-hydrogen) atoms. The van der Waals surface area contributed by atoms with Gasteiger partial charge in [-0.25, -0.2) is 0 Å². The van der Waals surface area contributed by atoms with Crippen LogP contribution in [0.25, 0.3) is 0 Å². The van der Waals surface area contributed by atoms with Gasteiger partial charge in [-0.15, -0.1) is 0 Å². The van der Waals surface area contributed by atoms with Crippen molar-refractivity contribution in [1.82, 2.24) is 0 Å². The fourth-order valence-electron chi connectivity index (χ4n) is 6.43. The van der Waals surface area contributed by atoms with Crippen LogP contribution in [0, 0.1) is 11.8 Å². The number of carboxylic acids is 1. The molecule has 0 fully saturated rings. The molecular weight excluding hydrogens is 488 g/mol. The lowest BCUT2D eigenvalue weighted by atomic mass is 9.85. The molecule has 0 aliphatic heterocycles. The van der Waals surface area contributed by atoms with Gasteiger partial charge >= 0.3 is 5.97 Å². The third-order valence-electron chi connectivity index (χ3n) is 9.39. The predicted molar refractivity (Wildman–Crippen MR) is 179 cm³/mol. The number of carbonyl (C=O) groups is 1. The maximum Gasteiger partial charge on any atom is 0.306 e. The van der Waals surface area contributed by atoms with Crippen molar-refractivity contribution in [3.8, 4) is 0 Å². The fraction of sp³-hybridized carbons (Fsp3) is 0.974. The zero-order valence-electron chi connectivity index (χ0n) is 28.1. The van der Waals surface area contributed by atoms with Crippen LogP contribution in [0.1, 0.15) is 226 Å². The van der Waals surface area contributed by atoms with E-state index in [9.17, 15) is 9.90 Å². The molecule has 0 bridgehead atoms. The van der Waals surface area contributed by atoms with E-state index >= 15 is 0 Å². The third kappa shape index (κ3) is 29.0. The average molecular weight is 565 g/mol. The minimum Gasteiger partial charge on any atom is -0.481 e. The quantitative estimate of drug-likeness (QED) is 0.0789. The summed E-state index contributed by atoms with van der Waals surface area (Å²) >= 11 is 0. The zero-order chi connectivity index (χ0) is 29.4. The van der Waals surface area contributed by atoms with E-state index in [1.54, 1.807) is 0 Å². The highest BCUT2D eigenvalue weighted by Gasteiger charge is 2.23. The first-order valence-electron chi connectivity index (χ1n) is 18.9. The van der Waals surface area contributed by atoms with Crippen molar-refractivity contribution in [2.24, 2.45) is 11.8 Å². The molecule has 0 aromatic rings. The van der Waals surface area contributed by atoms with E-state index in [4.69, 9.17) is 0 Å². The smallest absolute Gasteiger partial charge is 0.306 e. The Kier molecular flexibility index (Phi) is 32.5. The molecule has 2 nitrogen and oxygen atoms in total. The summed E-state index contributed by atoms with van der Waals surface area (Å²) in [6.45, 7) is 6.77. The predicted octanol–water partition coefficient (Wildman–Crippen LogP) is 13.8. The SMILES string of the molecule is CCCCCCCCCCCCCCCCCCC(C(=O)O)C(C)CCCCCCCCCCCCCCCC. The van der Waals surface area contributed by atoms with Crippen LogP contribution in [-0.2, 0) is 4.79 Å². The summed E-state index contributed by atoms with van der Waals surface area (Å²) in [5.74, 6) is -0.362. The van der Waals surface area contributed by atoms with Crippen molar-refractivity contribution >= 4 is 5.97 Å².